The van der Waals surface area contributed by atoms with Crippen LogP contribution in [-0.4, -0.2) is 63.3 Å². The van der Waals surface area contributed by atoms with Gasteiger partial charge in [0.2, 0.25) is 5.91 Å². The van der Waals surface area contributed by atoms with Crippen LogP contribution in [-0.2, 0) is 9.53 Å². The van der Waals surface area contributed by atoms with Crippen molar-refractivity contribution in [3.63, 3.8) is 0 Å². The molecule has 1 amide bonds. The van der Waals surface area contributed by atoms with Gasteiger partial charge in [-0.1, -0.05) is 17.7 Å². The Morgan fingerprint density at radius 3 is 2.73 bits per heavy atom. The normalized spacial score (nSPS) is 17.3. The molecule has 0 saturated carbocycles. The molecular weight excluding hydrogens is 302 g/mol. The van der Waals surface area contributed by atoms with Crippen molar-refractivity contribution in [2.75, 3.05) is 51.3 Å². The number of hydrogen-bond donors (Lipinski definition) is 1. The van der Waals surface area contributed by atoms with Gasteiger partial charge in [-0.2, -0.15) is 0 Å². The van der Waals surface area contributed by atoms with Crippen molar-refractivity contribution in [1.29, 1.82) is 0 Å². The zero-order chi connectivity index (χ0) is 15.9. The number of amides is 1. The van der Waals surface area contributed by atoms with Gasteiger partial charge in [-0.05, 0) is 25.1 Å². The number of nitrogens with zero attached hydrogens (tertiary/aromatic N) is 2. The molecule has 5 nitrogen and oxygen atoms in total. The predicted molar refractivity (Wildman–Crippen MR) is 89.6 cm³/mol. The third kappa shape index (κ3) is 5.16. The van der Waals surface area contributed by atoms with Gasteiger partial charge in [0.15, 0.2) is 0 Å². The average molecular weight is 326 g/mol. The van der Waals surface area contributed by atoms with Crippen LogP contribution in [0.2, 0.25) is 5.02 Å². The van der Waals surface area contributed by atoms with Crippen LogP contribution in [0.4, 0.5) is 5.69 Å². The molecule has 0 aromatic heterocycles. The van der Waals surface area contributed by atoms with Crippen molar-refractivity contribution in [3.05, 3.63) is 29.3 Å². The minimum atomic E-state index is 0.0465. The quantitative estimate of drug-likeness (QED) is 0.863. The van der Waals surface area contributed by atoms with Gasteiger partial charge in [0.05, 0.1) is 13.2 Å². The number of carbonyl (C=O) groups is 1. The Labute approximate surface area is 137 Å². The van der Waals surface area contributed by atoms with Gasteiger partial charge in [-0.3, -0.25) is 9.69 Å². The van der Waals surface area contributed by atoms with Gasteiger partial charge >= 0.3 is 0 Å². The van der Waals surface area contributed by atoms with Crippen molar-refractivity contribution in [2.24, 2.45) is 0 Å². The molecular formula is C16H24ClN3O2. The largest absolute Gasteiger partial charge is 0.383 e. The van der Waals surface area contributed by atoms with Crippen LogP contribution in [0, 0.1) is 0 Å². The van der Waals surface area contributed by atoms with E-state index in [9.17, 15) is 4.79 Å². The number of methoxy groups -OCH3 is 1. The molecule has 1 N–H and O–H groups in total. The van der Waals surface area contributed by atoms with Crippen molar-refractivity contribution >= 4 is 23.2 Å². The second-order valence-electron chi connectivity index (χ2n) is 5.67. The summed E-state index contributed by atoms with van der Waals surface area (Å²) in [4.78, 5) is 16.4. The maximum atomic E-state index is 12.0. The van der Waals surface area contributed by atoms with E-state index in [1.807, 2.05) is 25.1 Å². The average Bonchev–Trinajstić information content (AvgIpc) is 2.48. The van der Waals surface area contributed by atoms with Gasteiger partial charge in [0.1, 0.15) is 0 Å². The van der Waals surface area contributed by atoms with E-state index in [2.05, 4.69) is 21.2 Å². The molecule has 1 fully saturated rings. The van der Waals surface area contributed by atoms with Crippen LogP contribution in [0.3, 0.4) is 0 Å². The van der Waals surface area contributed by atoms with Crippen LogP contribution in [0.1, 0.15) is 6.92 Å². The molecule has 2 rings (SSSR count). The molecule has 1 aromatic carbocycles. The molecule has 0 spiro atoms. The van der Waals surface area contributed by atoms with Crippen molar-refractivity contribution < 1.29 is 9.53 Å². The van der Waals surface area contributed by atoms with Crippen molar-refractivity contribution in [2.45, 2.75) is 13.0 Å². The number of ether oxygens (including phenoxy) is 1. The zero-order valence-corrected chi connectivity index (χ0v) is 14.0. The SMILES string of the molecule is COC[C@@H](C)NC(=O)CN1CCN(c2cccc(Cl)c2)CC1. The number of carbonyl (C=O) groups excluding carboxylic acids is 1. The summed E-state index contributed by atoms with van der Waals surface area (Å²) < 4.78 is 5.02. The maximum absolute atomic E-state index is 12.0. The number of halogens is 1. The highest BCUT2D eigenvalue weighted by molar-refractivity contribution is 6.30. The number of piperazine rings is 1. The highest BCUT2D eigenvalue weighted by Crippen LogP contribution is 2.20. The highest BCUT2D eigenvalue weighted by atomic mass is 35.5. The van der Waals surface area contributed by atoms with Gasteiger partial charge < -0.3 is 15.0 Å². The van der Waals surface area contributed by atoms with Crippen LogP contribution in [0.15, 0.2) is 24.3 Å². The first kappa shape index (κ1) is 17.1. The van der Waals surface area contributed by atoms with E-state index in [4.69, 9.17) is 16.3 Å². The van der Waals surface area contributed by atoms with Crippen LogP contribution in [0.25, 0.3) is 0 Å². The summed E-state index contributed by atoms with van der Waals surface area (Å²) in [6.07, 6.45) is 0. The van der Waals surface area contributed by atoms with E-state index >= 15 is 0 Å². The number of nitrogens with one attached hydrogen (secondary N) is 1. The lowest BCUT2D eigenvalue weighted by Crippen LogP contribution is -2.50. The van der Waals surface area contributed by atoms with Gasteiger partial charge in [-0.25, -0.2) is 0 Å². The van der Waals surface area contributed by atoms with E-state index in [0.717, 1.165) is 36.9 Å². The van der Waals surface area contributed by atoms with Gasteiger partial charge in [-0.15, -0.1) is 0 Å². The molecule has 1 saturated heterocycles. The molecule has 0 unspecified atom stereocenters. The summed E-state index contributed by atoms with van der Waals surface area (Å²) in [7, 11) is 1.64. The Hall–Kier alpha value is -1.30. The lowest BCUT2D eigenvalue weighted by molar-refractivity contribution is -0.123. The Balaban J connectivity index is 1.76. The summed E-state index contributed by atoms with van der Waals surface area (Å²) in [5, 5.41) is 3.70. The molecule has 0 aliphatic carbocycles. The van der Waals surface area contributed by atoms with Gasteiger partial charge in [0, 0.05) is 50.0 Å². The van der Waals surface area contributed by atoms with Crippen LogP contribution < -0.4 is 10.2 Å². The van der Waals surface area contributed by atoms with E-state index in [1.165, 1.54) is 0 Å². The minimum absolute atomic E-state index is 0.0465. The highest BCUT2D eigenvalue weighted by Gasteiger charge is 2.19. The summed E-state index contributed by atoms with van der Waals surface area (Å²) in [5.41, 5.74) is 1.14. The lowest BCUT2D eigenvalue weighted by atomic mass is 10.2. The third-order valence-electron chi connectivity index (χ3n) is 3.74. The lowest BCUT2D eigenvalue weighted by Gasteiger charge is -2.35. The molecule has 1 heterocycles. The second kappa shape index (κ2) is 8.36. The smallest absolute Gasteiger partial charge is 0.234 e. The Morgan fingerprint density at radius 2 is 2.09 bits per heavy atom. The number of benzene rings is 1. The first-order chi connectivity index (χ1) is 10.6. The number of hydrogen-bond acceptors (Lipinski definition) is 4. The molecule has 122 valence electrons. The molecule has 22 heavy (non-hydrogen) atoms. The summed E-state index contributed by atoms with van der Waals surface area (Å²) in [6, 6.07) is 7.95. The number of anilines is 1. The fourth-order valence-corrected chi connectivity index (χ4v) is 2.84. The third-order valence-corrected chi connectivity index (χ3v) is 3.97. The fourth-order valence-electron chi connectivity index (χ4n) is 2.65. The Kier molecular flexibility index (Phi) is 6.49. The Bertz CT molecular complexity index is 490. The molecule has 0 bridgehead atoms. The molecule has 1 aromatic rings. The summed E-state index contributed by atoms with van der Waals surface area (Å²) in [6.45, 7) is 6.48. The van der Waals surface area contributed by atoms with E-state index < -0.39 is 0 Å². The standard InChI is InChI=1S/C16H24ClN3O2/c1-13(12-22-2)18-16(21)11-19-6-8-20(9-7-19)15-5-3-4-14(17)10-15/h3-5,10,13H,6-9,11-12H2,1-2H3,(H,18,21)/t13-/m1/s1. The molecule has 0 radical (unpaired) electrons. The number of rotatable bonds is 6. The van der Waals surface area contributed by atoms with Crippen LogP contribution >= 0.6 is 11.6 Å². The van der Waals surface area contributed by atoms with E-state index in [0.29, 0.717) is 13.2 Å². The predicted octanol–water partition coefficient (Wildman–Crippen LogP) is 1.61. The second-order valence-corrected chi connectivity index (χ2v) is 6.10. The molecule has 6 heteroatoms. The van der Waals surface area contributed by atoms with Crippen LogP contribution in [0.5, 0.6) is 0 Å². The first-order valence-corrected chi connectivity index (χ1v) is 7.97. The topological polar surface area (TPSA) is 44.8 Å². The molecule has 1 aliphatic heterocycles. The maximum Gasteiger partial charge on any atom is 0.234 e. The fraction of sp³-hybridized carbons (Fsp3) is 0.562. The molecule has 1 aliphatic rings. The zero-order valence-electron chi connectivity index (χ0n) is 13.2. The summed E-state index contributed by atoms with van der Waals surface area (Å²) in [5.74, 6) is 0.0563. The summed E-state index contributed by atoms with van der Waals surface area (Å²) >= 11 is 6.04. The minimum Gasteiger partial charge on any atom is -0.383 e. The van der Waals surface area contributed by atoms with E-state index in [-0.39, 0.29) is 11.9 Å². The van der Waals surface area contributed by atoms with Crippen molar-refractivity contribution in [3.8, 4) is 0 Å². The van der Waals surface area contributed by atoms with Crippen molar-refractivity contribution in [1.82, 2.24) is 10.2 Å². The van der Waals surface area contributed by atoms with Gasteiger partial charge in [0.25, 0.3) is 0 Å². The Morgan fingerprint density at radius 1 is 1.36 bits per heavy atom. The monoisotopic (exact) mass is 325 g/mol. The molecule has 1 atom stereocenters. The van der Waals surface area contributed by atoms with E-state index in [1.54, 1.807) is 7.11 Å². The first-order valence-electron chi connectivity index (χ1n) is 7.59.